The molecule has 0 aromatic heterocycles. The first kappa shape index (κ1) is 16.6. The summed E-state index contributed by atoms with van der Waals surface area (Å²) in [5.74, 6) is -1.25. The minimum absolute atomic E-state index is 0. The third-order valence-corrected chi connectivity index (χ3v) is 2.28. The van der Waals surface area contributed by atoms with E-state index in [1.807, 2.05) is 30.3 Å². The van der Waals surface area contributed by atoms with Gasteiger partial charge >= 0.3 is 51.4 Å². The number of alkyl halides is 1. The first-order valence-corrected chi connectivity index (χ1v) is 5.10. The van der Waals surface area contributed by atoms with E-state index < -0.39 is 11.3 Å². The second-order valence-electron chi connectivity index (χ2n) is 3.11. The van der Waals surface area contributed by atoms with Gasteiger partial charge in [-0.25, -0.2) is 0 Å². The number of aliphatic carboxylic acids is 1. The monoisotopic (exact) mass is 266 g/mol. The van der Waals surface area contributed by atoms with E-state index in [0.717, 1.165) is 5.56 Å². The van der Waals surface area contributed by atoms with E-state index in [2.05, 4.69) is 0 Å². The maximum absolute atomic E-state index is 10.3. The summed E-state index contributed by atoms with van der Waals surface area (Å²) >= 11 is 5.46. The molecule has 0 aliphatic rings. The Morgan fingerprint density at radius 1 is 1.38 bits per heavy atom. The third-order valence-electron chi connectivity index (χ3n) is 1.88. The molecule has 0 aliphatic carbocycles. The molecule has 0 amide bonds. The Bertz CT molecular complexity index is 305. The van der Waals surface area contributed by atoms with Crippen molar-refractivity contribution in [2.75, 3.05) is 6.61 Å². The Morgan fingerprint density at radius 3 is 2.56 bits per heavy atom. The van der Waals surface area contributed by atoms with Crippen LogP contribution in [0.4, 0.5) is 0 Å². The minimum atomic E-state index is -1.25. The van der Waals surface area contributed by atoms with Gasteiger partial charge in [-0.05, 0) is 12.0 Å². The number of hydrogen-bond acceptors (Lipinski definition) is 3. The van der Waals surface area contributed by atoms with Gasteiger partial charge in [0.1, 0.15) is 0 Å². The fourth-order valence-electron chi connectivity index (χ4n) is 1.07. The SMILES string of the molecule is O=C([O-])C(Cl)CCOCc1ccccc1.[K+]. The van der Waals surface area contributed by atoms with Crippen molar-refractivity contribution in [3.05, 3.63) is 35.9 Å². The molecule has 82 valence electrons. The summed E-state index contributed by atoms with van der Waals surface area (Å²) in [6.07, 6.45) is 0.261. The van der Waals surface area contributed by atoms with Crippen molar-refractivity contribution in [3.8, 4) is 0 Å². The standard InChI is InChI=1S/C11H13ClO3.K/c12-10(11(13)14)6-7-15-8-9-4-2-1-3-5-9;/h1-5,10H,6-8H2,(H,13,14);/q;+1/p-1. The van der Waals surface area contributed by atoms with Gasteiger partial charge < -0.3 is 14.6 Å². The number of ether oxygens (including phenoxy) is 1. The van der Waals surface area contributed by atoms with Crippen molar-refractivity contribution in [1.29, 1.82) is 0 Å². The van der Waals surface area contributed by atoms with Crippen LogP contribution in [0.5, 0.6) is 0 Å². The largest absolute Gasteiger partial charge is 1.00 e. The minimum Gasteiger partial charge on any atom is -0.549 e. The van der Waals surface area contributed by atoms with Gasteiger partial charge in [-0.1, -0.05) is 30.3 Å². The van der Waals surface area contributed by atoms with Gasteiger partial charge in [0.25, 0.3) is 0 Å². The van der Waals surface area contributed by atoms with Crippen molar-refractivity contribution < 1.29 is 66.0 Å². The van der Waals surface area contributed by atoms with Crippen LogP contribution >= 0.6 is 11.6 Å². The van der Waals surface area contributed by atoms with Crippen LogP contribution in [0.2, 0.25) is 0 Å². The molecule has 0 saturated carbocycles. The summed E-state index contributed by atoms with van der Waals surface area (Å²) in [5.41, 5.74) is 1.05. The molecule has 0 aliphatic heterocycles. The molecule has 1 aromatic carbocycles. The molecular weight excluding hydrogens is 255 g/mol. The van der Waals surface area contributed by atoms with E-state index >= 15 is 0 Å². The normalized spacial score (nSPS) is 11.6. The molecule has 0 N–H and O–H groups in total. The van der Waals surface area contributed by atoms with Gasteiger partial charge in [0.05, 0.1) is 18.0 Å². The summed E-state index contributed by atoms with van der Waals surface area (Å²) in [7, 11) is 0. The van der Waals surface area contributed by atoms with E-state index in [1.54, 1.807) is 0 Å². The molecule has 0 saturated heterocycles. The van der Waals surface area contributed by atoms with Gasteiger partial charge in [0.15, 0.2) is 0 Å². The fraction of sp³-hybridized carbons (Fsp3) is 0.364. The first-order valence-electron chi connectivity index (χ1n) is 4.66. The number of carbonyl (C=O) groups excluding carboxylic acids is 1. The quantitative estimate of drug-likeness (QED) is 0.339. The molecule has 3 nitrogen and oxygen atoms in total. The van der Waals surface area contributed by atoms with Gasteiger partial charge in [-0.3, -0.25) is 0 Å². The third kappa shape index (κ3) is 7.01. The van der Waals surface area contributed by atoms with Crippen LogP contribution in [-0.4, -0.2) is 18.0 Å². The Hall–Kier alpha value is 0.576. The number of carboxylic acids is 1. The van der Waals surface area contributed by atoms with Crippen LogP contribution in [0.1, 0.15) is 12.0 Å². The molecular formula is C11H12ClKO3. The number of hydrogen-bond donors (Lipinski definition) is 0. The van der Waals surface area contributed by atoms with Crippen LogP contribution in [0.3, 0.4) is 0 Å². The van der Waals surface area contributed by atoms with Crippen LogP contribution in [0, 0.1) is 0 Å². The Labute approximate surface area is 143 Å². The fourth-order valence-corrected chi connectivity index (χ4v) is 1.16. The molecule has 0 heterocycles. The second kappa shape index (κ2) is 9.59. The molecule has 16 heavy (non-hydrogen) atoms. The topological polar surface area (TPSA) is 49.4 Å². The van der Waals surface area contributed by atoms with Crippen molar-refractivity contribution in [2.24, 2.45) is 0 Å². The maximum Gasteiger partial charge on any atom is 1.00 e. The molecule has 1 aromatic rings. The molecule has 5 heteroatoms. The Morgan fingerprint density at radius 2 is 2.00 bits per heavy atom. The van der Waals surface area contributed by atoms with Gasteiger partial charge in [-0.2, -0.15) is 0 Å². The van der Waals surface area contributed by atoms with E-state index in [1.165, 1.54) is 0 Å². The molecule has 1 rings (SSSR count). The van der Waals surface area contributed by atoms with E-state index in [4.69, 9.17) is 16.3 Å². The van der Waals surface area contributed by atoms with Crippen molar-refractivity contribution in [3.63, 3.8) is 0 Å². The molecule has 0 fully saturated rings. The van der Waals surface area contributed by atoms with Gasteiger partial charge in [0.2, 0.25) is 0 Å². The van der Waals surface area contributed by atoms with Crippen molar-refractivity contribution in [1.82, 2.24) is 0 Å². The Kier molecular flexibility index (Phi) is 9.94. The predicted molar refractivity (Wildman–Crippen MR) is 55.4 cm³/mol. The number of halogens is 1. The van der Waals surface area contributed by atoms with Crippen LogP contribution in [0.25, 0.3) is 0 Å². The molecule has 1 unspecified atom stereocenters. The molecule has 0 bridgehead atoms. The van der Waals surface area contributed by atoms with Gasteiger partial charge in [0, 0.05) is 6.61 Å². The smallest absolute Gasteiger partial charge is 0.549 e. The van der Waals surface area contributed by atoms with Crippen molar-refractivity contribution >= 4 is 17.6 Å². The summed E-state index contributed by atoms with van der Waals surface area (Å²) < 4.78 is 5.26. The zero-order chi connectivity index (χ0) is 11.1. The van der Waals surface area contributed by atoms with E-state index in [-0.39, 0.29) is 57.8 Å². The van der Waals surface area contributed by atoms with E-state index in [0.29, 0.717) is 13.2 Å². The Balaban J connectivity index is 0.00000225. The zero-order valence-corrected chi connectivity index (χ0v) is 13.1. The summed E-state index contributed by atoms with van der Waals surface area (Å²) in [4.78, 5) is 10.3. The first-order chi connectivity index (χ1) is 7.20. The predicted octanol–water partition coefficient (Wildman–Crippen LogP) is -2.05. The van der Waals surface area contributed by atoms with Crippen LogP contribution < -0.4 is 56.5 Å². The van der Waals surface area contributed by atoms with Crippen molar-refractivity contribution in [2.45, 2.75) is 18.4 Å². The van der Waals surface area contributed by atoms with Gasteiger partial charge in [-0.15, -0.1) is 11.6 Å². The number of carbonyl (C=O) groups is 1. The number of benzene rings is 1. The molecule has 1 atom stereocenters. The zero-order valence-electron chi connectivity index (χ0n) is 9.19. The van der Waals surface area contributed by atoms with Crippen LogP contribution in [-0.2, 0) is 16.1 Å². The number of rotatable bonds is 6. The average Bonchev–Trinajstić information content (AvgIpc) is 2.25. The van der Waals surface area contributed by atoms with Crippen LogP contribution in [0.15, 0.2) is 30.3 Å². The molecule has 0 spiro atoms. The molecule has 0 radical (unpaired) electrons. The average molecular weight is 267 g/mol. The summed E-state index contributed by atoms with van der Waals surface area (Å²) in [6, 6.07) is 9.65. The summed E-state index contributed by atoms with van der Waals surface area (Å²) in [5, 5.41) is 9.29. The summed E-state index contributed by atoms with van der Waals surface area (Å²) in [6.45, 7) is 0.786. The number of carboxylic acid groups (broad SMARTS) is 1. The van der Waals surface area contributed by atoms with E-state index in [9.17, 15) is 9.90 Å². The maximum atomic E-state index is 10.3. The second-order valence-corrected chi connectivity index (χ2v) is 3.64.